The average molecular weight is 351 g/mol. The molecule has 132 valence electrons. The number of carbonyl (C=O) groups excluding carboxylic acids is 1. The Kier molecular flexibility index (Phi) is 4.94. The third-order valence-electron chi connectivity index (χ3n) is 4.95. The van der Waals surface area contributed by atoms with Crippen LogP contribution in [0.15, 0.2) is 23.1 Å². The molecule has 2 aliphatic heterocycles. The van der Waals surface area contributed by atoms with Gasteiger partial charge in [-0.25, -0.2) is 8.42 Å². The van der Waals surface area contributed by atoms with E-state index < -0.39 is 10.0 Å². The summed E-state index contributed by atoms with van der Waals surface area (Å²) in [4.78, 5) is 16.2. The first-order chi connectivity index (χ1) is 11.4. The number of benzene rings is 1. The van der Waals surface area contributed by atoms with E-state index in [1.165, 1.54) is 0 Å². The molecule has 1 aromatic rings. The molecule has 2 fully saturated rings. The van der Waals surface area contributed by atoms with Crippen LogP contribution in [0.1, 0.15) is 25.3 Å². The van der Waals surface area contributed by atoms with Gasteiger partial charge in [0.2, 0.25) is 15.9 Å². The van der Waals surface area contributed by atoms with Crippen molar-refractivity contribution in [2.24, 2.45) is 0 Å². The summed E-state index contributed by atoms with van der Waals surface area (Å²) in [6, 6.07) is 5.10. The van der Waals surface area contributed by atoms with Crippen LogP contribution in [0.4, 0.5) is 5.69 Å². The number of amides is 1. The number of aryl methyl sites for hydroxylation is 1. The number of nitrogens with zero attached hydrogens (tertiary/aromatic N) is 3. The van der Waals surface area contributed by atoms with Crippen LogP contribution in [0.5, 0.6) is 0 Å². The molecule has 0 N–H and O–H groups in total. The Morgan fingerprint density at radius 1 is 1.08 bits per heavy atom. The fraction of sp³-hybridized carbons (Fsp3) is 0.588. The SMILES string of the molecule is CCN1CCN(S(=O)(=O)c2ccc(N3CCCC3=O)c(C)c2)CC1. The van der Waals surface area contributed by atoms with E-state index in [2.05, 4.69) is 11.8 Å². The van der Waals surface area contributed by atoms with E-state index in [4.69, 9.17) is 0 Å². The van der Waals surface area contributed by atoms with Gasteiger partial charge in [-0.05, 0) is 43.7 Å². The van der Waals surface area contributed by atoms with Gasteiger partial charge >= 0.3 is 0 Å². The third kappa shape index (κ3) is 3.20. The molecule has 0 atom stereocenters. The minimum Gasteiger partial charge on any atom is -0.312 e. The van der Waals surface area contributed by atoms with Crippen molar-refractivity contribution >= 4 is 21.6 Å². The smallest absolute Gasteiger partial charge is 0.243 e. The number of hydrogen-bond acceptors (Lipinski definition) is 4. The summed E-state index contributed by atoms with van der Waals surface area (Å²) >= 11 is 0. The molecule has 1 amide bonds. The molecule has 2 aliphatic rings. The van der Waals surface area contributed by atoms with Gasteiger partial charge in [-0.2, -0.15) is 4.31 Å². The molecule has 3 rings (SSSR count). The van der Waals surface area contributed by atoms with E-state index in [1.807, 2.05) is 6.92 Å². The van der Waals surface area contributed by atoms with Crippen LogP contribution >= 0.6 is 0 Å². The fourth-order valence-electron chi connectivity index (χ4n) is 3.43. The molecule has 2 saturated heterocycles. The Labute approximate surface area is 144 Å². The lowest BCUT2D eigenvalue weighted by Gasteiger charge is -2.33. The van der Waals surface area contributed by atoms with E-state index in [1.54, 1.807) is 27.4 Å². The number of piperazine rings is 1. The lowest BCUT2D eigenvalue weighted by molar-refractivity contribution is -0.117. The van der Waals surface area contributed by atoms with E-state index >= 15 is 0 Å². The van der Waals surface area contributed by atoms with Crippen LogP contribution in [0.2, 0.25) is 0 Å². The molecule has 24 heavy (non-hydrogen) atoms. The summed E-state index contributed by atoms with van der Waals surface area (Å²) in [5.41, 5.74) is 1.66. The van der Waals surface area contributed by atoms with Crippen molar-refractivity contribution in [2.75, 3.05) is 44.2 Å². The van der Waals surface area contributed by atoms with Gasteiger partial charge in [-0.3, -0.25) is 4.79 Å². The van der Waals surface area contributed by atoms with Crippen molar-refractivity contribution in [1.29, 1.82) is 0 Å². The first-order valence-electron chi connectivity index (χ1n) is 8.57. The summed E-state index contributed by atoms with van der Waals surface area (Å²) in [5, 5.41) is 0. The van der Waals surface area contributed by atoms with Crippen LogP contribution in [0.25, 0.3) is 0 Å². The molecule has 0 spiro atoms. The number of hydrogen-bond donors (Lipinski definition) is 0. The molecule has 2 heterocycles. The zero-order valence-corrected chi connectivity index (χ0v) is 15.2. The molecule has 0 aromatic heterocycles. The highest BCUT2D eigenvalue weighted by Crippen LogP contribution is 2.28. The summed E-state index contributed by atoms with van der Waals surface area (Å²) < 4.78 is 27.3. The average Bonchev–Trinajstić information content (AvgIpc) is 3.00. The standard InChI is InChI=1S/C17H25N3O3S/c1-3-18-9-11-19(12-10-18)24(22,23)15-6-7-16(14(2)13-15)20-8-4-5-17(20)21/h6-7,13H,3-5,8-12H2,1-2H3. The Hall–Kier alpha value is -1.44. The largest absolute Gasteiger partial charge is 0.312 e. The highest BCUT2D eigenvalue weighted by Gasteiger charge is 2.29. The molecule has 0 bridgehead atoms. The van der Waals surface area contributed by atoms with E-state index in [9.17, 15) is 13.2 Å². The Morgan fingerprint density at radius 2 is 1.79 bits per heavy atom. The lowest BCUT2D eigenvalue weighted by Crippen LogP contribution is -2.48. The normalized spacial score (nSPS) is 20.8. The van der Waals surface area contributed by atoms with E-state index in [0.717, 1.165) is 37.3 Å². The molecule has 1 aromatic carbocycles. The lowest BCUT2D eigenvalue weighted by atomic mass is 10.2. The summed E-state index contributed by atoms with van der Waals surface area (Å²) in [6.07, 6.45) is 1.43. The van der Waals surface area contributed by atoms with Crippen molar-refractivity contribution in [2.45, 2.75) is 31.6 Å². The van der Waals surface area contributed by atoms with Gasteiger partial charge in [0, 0.05) is 44.8 Å². The highest BCUT2D eigenvalue weighted by atomic mass is 32.2. The van der Waals surface area contributed by atoms with Gasteiger partial charge < -0.3 is 9.80 Å². The number of carbonyl (C=O) groups is 1. The maximum atomic E-state index is 12.9. The predicted molar refractivity (Wildman–Crippen MR) is 93.6 cm³/mol. The molecule has 0 aliphatic carbocycles. The monoisotopic (exact) mass is 351 g/mol. The molecule has 0 radical (unpaired) electrons. The first kappa shape index (κ1) is 17.4. The third-order valence-corrected chi connectivity index (χ3v) is 6.84. The van der Waals surface area contributed by atoms with Gasteiger partial charge in [0.25, 0.3) is 0 Å². The van der Waals surface area contributed by atoms with Crippen LogP contribution in [-0.2, 0) is 14.8 Å². The molecule has 0 unspecified atom stereocenters. The van der Waals surface area contributed by atoms with Gasteiger partial charge in [0.15, 0.2) is 0 Å². The first-order valence-corrected chi connectivity index (χ1v) is 10.0. The van der Waals surface area contributed by atoms with Crippen LogP contribution in [0, 0.1) is 6.92 Å². The highest BCUT2D eigenvalue weighted by molar-refractivity contribution is 7.89. The molecular weight excluding hydrogens is 326 g/mol. The second kappa shape index (κ2) is 6.82. The fourth-order valence-corrected chi connectivity index (χ4v) is 4.94. The van der Waals surface area contributed by atoms with E-state index in [-0.39, 0.29) is 5.91 Å². The second-order valence-corrected chi connectivity index (χ2v) is 8.37. The van der Waals surface area contributed by atoms with Gasteiger partial charge in [0.1, 0.15) is 0 Å². The van der Waals surface area contributed by atoms with Gasteiger partial charge in [0.05, 0.1) is 4.90 Å². The Morgan fingerprint density at radius 3 is 2.33 bits per heavy atom. The zero-order valence-electron chi connectivity index (χ0n) is 14.4. The number of sulfonamides is 1. The van der Waals surface area contributed by atoms with Gasteiger partial charge in [-0.1, -0.05) is 6.92 Å². The Balaban J connectivity index is 1.81. The Bertz CT molecular complexity index is 725. The van der Waals surface area contributed by atoms with Crippen molar-refractivity contribution < 1.29 is 13.2 Å². The quantitative estimate of drug-likeness (QED) is 0.824. The van der Waals surface area contributed by atoms with Crippen LogP contribution in [0.3, 0.4) is 0 Å². The van der Waals surface area contributed by atoms with Gasteiger partial charge in [-0.15, -0.1) is 0 Å². The maximum Gasteiger partial charge on any atom is 0.243 e. The van der Waals surface area contributed by atoms with Crippen LogP contribution in [-0.4, -0.2) is 62.8 Å². The molecular formula is C17H25N3O3S. The summed E-state index contributed by atoms with van der Waals surface area (Å²) in [7, 11) is -3.47. The summed E-state index contributed by atoms with van der Waals surface area (Å²) in [5.74, 6) is 0.115. The van der Waals surface area contributed by atoms with Crippen molar-refractivity contribution in [3.63, 3.8) is 0 Å². The maximum absolute atomic E-state index is 12.9. The summed E-state index contributed by atoms with van der Waals surface area (Å²) in [6.45, 7) is 8.23. The zero-order chi connectivity index (χ0) is 17.3. The second-order valence-electron chi connectivity index (χ2n) is 6.44. The number of rotatable bonds is 4. The number of anilines is 1. The molecule has 0 saturated carbocycles. The molecule has 6 nitrogen and oxygen atoms in total. The minimum atomic E-state index is -3.47. The molecule has 7 heteroatoms. The van der Waals surface area contributed by atoms with Crippen LogP contribution < -0.4 is 4.90 Å². The van der Waals surface area contributed by atoms with E-state index in [0.29, 0.717) is 31.0 Å². The minimum absolute atomic E-state index is 0.115. The topological polar surface area (TPSA) is 60.9 Å². The predicted octanol–water partition coefficient (Wildman–Crippen LogP) is 1.45. The number of likely N-dealkylation sites (N-methyl/N-ethyl adjacent to an activating group) is 1. The van der Waals surface area contributed by atoms with Crippen molar-refractivity contribution in [1.82, 2.24) is 9.21 Å². The van der Waals surface area contributed by atoms with Crippen molar-refractivity contribution in [3.8, 4) is 0 Å². The van der Waals surface area contributed by atoms with Crippen molar-refractivity contribution in [3.05, 3.63) is 23.8 Å².